The molecule has 0 spiro atoms. The first-order chi connectivity index (χ1) is 3.18. The van der Waals surface area contributed by atoms with Gasteiger partial charge >= 0.3 is 0 Å². The zero-order valence-corrected chi connectivity index (χ0v) is 7.46. The van der Waals surface area contributed by atoms with E-state index in [1.807, 2.05) is 18.9 Å². The van der Waals surface area contributed by atoms with Crippen LogP contribution in [0.5, 0.6) is 0 Å². The van der Waals surface area contributed by atoms with Gasteiger partial charge < -0.3 is 4.90 Å². The SMILES string of the molecule is CCN(C)C(=S)S.[Cu]. The predicted molar refractivity (Wildman–Crippen MR) is 39.9 cm³/mol. The quantitative estimate of drug-likeness (QED) is 0.383. The molecule has 0 aromatic rings. The molecule has 0 bridgehead atoms. The average Bonchev–Trinajstić information content (AvgIpc) is 1.65. The summed E-state index contributed by atoms with van der Waals surface area (Å²) in [4.78, 5) is 1.89. The van der Waals surface area contributed by atoms with E-state index in [2.05, 4.69) is 12.6 Å². The van der Waals surface area contributed by atoms with Gasteiger partial charge in [0.15, 0.2) is 0 Å². The van der Waals surface area contributed by atoms with E-state index in [0.717, 1.165) is 6.54 Å². The van der Waals surface area contributed by atoms with Crippen LogP contribution in [-0.4, -0.2) is 22.8 Å². The second-order valence-corrected chi connectivity index (χ2v) is 2.41. The predicted octanol–water partition coefficient (Wildman–Crippen LogP) is 1.15. The van der Waals surface area contributed by atoms with E-state index in [0.29, 0.717) is 4.32 Å². The van der Waals surface area contributed by atoms with E-state index < -0.39 is 0 Å². The smallest absolute Gasteiger partial charge is 0.133 e. The Labute approximate surface area is 71.7 Å². The summed E-state index contributed by atoms with van der Waals surface area (Å²) >= 11 is 8.64. The van der Waals surface area contributed by atoms with Crippen LogP contribution < -0.4 is 0 Å². The number of thiol groups is 1. The molecule has 0 aliphatic carbocycles. The van der Waals surface area contributed by atoms with Crippen LogP contribution in [0.3, 0.4) is 0 Å². The summed E-state index contributed by atoms with van der Waals surface area (Å²) in [5.74, 6) is 0. The molecule has 1 radical (unpaired) electrons. The third kappa shape index (κ3) is 4.91. The maximum atomic E-state index is 4.71. The van der Waals surface area contributed by atoms with E-state index in [4.69, 9.17) is 12.2 Å². The van der Waals surface area contributed by atoms with Crippen LogP contribution in [0, 0.1) is 0 Å². The third-order valence-electron chi connectivity index (χ3n) is 0.801. The van der Waals surface area contributed by atoms with Crippen molar-refractivity contribution in [3.8, 4) is 0 Å². The Morgan fingerprint density at radius 3 is 2.12 bits per heavy atom. The Hall–Kier alpha value is 0.759. The molecule has 8 heavy (non-hydrogen) atoms. The molecule has 0 N–H and O–H groups in total. The Bertz CT molecular complexity index is 76.4. The summed E-state index contributed by atoms with van der Waals surface area (Å²) in [6.45, 7) is 2.96. The van der Waals surface area contributed by atoms with E-state index in [9.17, 15) is 0 Å². The number of hydrogen-bond donors (Lipinski definition) is 1. The van der Waals surface area contributed by atoms with Gasteiger partial charge in [0.1, 0.15) is 4.32 Å². The molecule has 0 saturated carbocycles. The Kier molecular flexibility index (Phi) is 8.50. The van der Waals surface area contributed by atoms with Gasteiger partial charge in [0.2, 0.25) is 0 Å². The number of rotatable bonds is 1. The largest absolute Gasteiger partial charge is 0.361 e. The van der Waals surface area contributed by atoms with Crippen LogP contribution in [0.25, 0.3) is 0 Å². The summed E-state index contributed by atoms with van der Waals surface area (Å²) in [5.41, 5.74) is 0. The molecule has 0 saturated heterocycles. The van der Waals surface area contributed by atoms with Crippen molar-refractivity contribution >= 4 is 29.2 Å². The van der Waals surface area contributed by atoms with Gasteiger partial charge in [0.05, 0.1) is 0 Å². The Morgan fingerprint density at radius 1 is 1.75 bits per heavy atom. The van der Waals surface area contributed by atoms with Gasteiger partial charge in [-0.15, -0.1) is 12.6 Å². The van der Waals surface area contributed by atoms with Crippen molar-refractivity contribution in [3.63, 3.8) is 0 Å². The van der Waals surface area contributed by atoms with Gasteiger partial charge in [-0.25, -0.2) is 0 Å². The summed E-state index contributed by atoms with van der Waals surface area (Å²) < 4.78 is 0.655. The van der Waals surface area contributed by atoms with E-state index in [1.165, 1.54) is 0 Å². The molecule has 0 amide bonds. The monoisotopic (exact) mass is 198 g/mol. The van der Waals surface area contributed by atoms with Gasteiger partial charge in [0.25, 0.3) is 0 Å². The number of nitrogens with zero attached hydrogens (tertiary/aromatic N) is 1. The number of hydrogen-bond acceptors (Lipinski definition) is 1. The first-order valence-electron chi connectivity index (χ1n) is 2.12. The summed E-state index contributed by atoms with van der Waals surface area (Å²) in [7, 11) is 1.91. The molecule has 1 nitrogen and oxygen atoms in total. The van der Waals surface area contributed by atoms with Crippen LogP contribution in [0.4, 0.5) is 0 Å². The molecule has 0 heterocycles. The zero-order valence-electron chi connectivity index (χ0n) is 4.81. The Morgan fingerprint density at radius 2 is 2.12 bits per heavy atom. The standard InChI is InChI=1S/C4H9NS2.Cu/c1-3-5(2)4(6)7;/h3H2,1-2H3,(H,6,7);. The summed E-state index contributed by atoms with van der Waals surface area (Å²) in [6.07, 6.45) is 0. The maximum absolute atomic E-state index is 4.71. The van der Waals surface area contributed by atoms with Gasteiger partial charge in [-0.05, 0) is 6.92 Å². The fourth-order valence-electron chi connectivity index (χ4n) is 0.135. The molecule has 0 fully saturated rings. The van der Waals surface area contributed by atoms with Gasteiger partial charge in [-0.3, -0.25) is 0 Å². The van der Waals surface area contributed by atoms with Crippen LogP contribution >= 0.6 is 24.8 Å². The molecular weight excluding hydrogens is 190 g/mol. The molecule has 0 rings (SSSR count). The van der Waals surface area contributed by atoms with Gasteiger partial charge in [-0.1, -0.05) is 12.2 Å². The number of thiocarbonyl (C=S) groups is 1. The van der Waals surface area contributed by atoms with Crippen molar-refractivity contribution in [3.05, 3.63) is 0 Å². The van der Waals surface area contributed by atoms with Crippen LogP contribution in [-0.2, 0) is 17.1 Å². The maximum Gasteiger partial charge on any atom is 0.133 e. The minimum Gasteiger partial charge on any atom is -0.361 e. The van der Waals surface area contributed by atoms with Gasteiger partial charge in [-0.2, -0.15) is 0 Å². The van der Waals surface area contributed by atoms with E-state index in [1.54, 1.807) is 0 Å². The molecule has 4 heteroatoms. The van der Waals surface area contributed by atoms with Crippen molar-refractivity contribution in [2.24, 2.45) is 0 Å². The summed E-state index contributed by atoms with van der Waals surface area (Å²) in [6, 6.07) is 0. The van der Waals surface area contributed by atoms with Crippen LogP contribution in [0.2, 0.25) is 0 Å². The van der Waals surface area contributed by atoms with Crippen molar-refractivity contribution in [1.82, 2.24) is 4.90 Å². The first kappa shape index (κ1) is 11.5. The molecule has 0 aromatic carbocycles. The van der Waals surface area contributed by atoms with E-state index in [-0.39, 0.29) is 17.1 Å². The summed E-state index contributed by atoms with van der Waals surface area (Å²) in [5, 5.41) is 0. The topological polar surface area (TPSA) is 3.24 Å². The Balaban J connectivity index is 0. The molecule has 0 aliphatic heterocycles. The average molecular weight is 199 g/mol. The van der Waals surface area contributed by atoms with Crippen molar-refractivity contribution in [2.45, 2.75) is 6.92 Å². The second-order valence-electron chi connectivity index (χ2n) is 1.30. The fourth-order valence-corrected chi connectivity index (χ4v) is 0.406. The molecular formula is C4H9CuNS2. The normalized spacial score (nSPS) is 7.38. The van der Waals surface area contributed by atoms with Crippen LogP contribution in [0.1, 0.15) is 6.92 Å². The fraction of sp³-hybridized carbons (Fsp3) is 0.750. The second kappa shape index (κ2) is 5.89. The minimum atomic E-state index is 0. The zero-order chi connectivity index (χ0) is 5.86. The van der Waals surface area contributed by atoms with Crippen molar-refractivity contribution in [1.29, 1.82) is 0 Å². The molecule has 0 aromatic heterocycles. The molecule has 0 unspecified atom stereocenters. The van der Waals surface area contributed by atoms with E-state index >= 15 is 0 Å². The minimum absolute atomic E-state index is 0. The molecule has 0 atom stereocenters. The third-order valence-corrected chi connectivity index (χ3v) is 1.45. The van der Waals surface area contributed by atoms with Crippen LogP contribution in [0.15, 0.2) is 0 Å². The van der Waals surface area contributed by atoms with Crippen molar-refractivity contribution < 1.29 is 17.1 Å². The van der Waals surface area contributed by atoms with Gasteiger partial charge in [0, 0.05) is 30.7 Å². The first-order valence-corrected chi connectivity index (χ1v) is 2.98. The molecule has 53 valence electrons. The molecule has 0 aliphatic rings. The van der Waals surface area contributed by atoms with Crippen molar-refractivity contribution in [2.75, 3.05) is 13.6 Å².